The molecule has 4 nitrogen and oxygen atoms in total. The first-order chi connectivity index (χ1) is 10.1. The van der Waals surface area contributed by atoms with E-state index in [1.165, 1.54) is 7.11 Å². The van der Waals surface area contributed by atoms with E-state index in [1.807, 2.05) is 30.3 Å². The van der Waals surface area contributed by atoms with Gasteiger partial charge in [-0.1, -0.05) is 30.3 Å². The molecule has 0 saturated heterocycles. The lowest BCUT2D eigenvalue weighted by atomic mass is 9.90. The van der Waals surface area contributed by atoms with Crippen LogP contribution in [0.15, 0.2) is 48.5 Å². The minimum absolute atomic E-state index is 0.165. The van der Waals surface area contributed by atoms with Crippen LogP contribution >= 0.6 is 0 Å². The number of phenolic OH excluding ortho intramolecular Hbond substituents is 1. The molecule has 0 bridgehead atoms. The molecule has 1 atom stereocenters. The van der Waals surface area contributed by atoms with E-state index in [0.29, 0.717) is 18.6 Å². The van der Waals surface area contributed by atoms with Crippen LogP contribution in [0.4, 0.5) is 0 Å². The highest BCUT2D eigenvalue weighted by atomic mass is 16.6. The molecule has 1 aliphatic rings. The second kappa shape index (κ2) is 5.13. The molecule has 2 aromatic rings. The van der Waals surface area contributed by atoms with Gasteiger partial charge in [-0.05, 0) is 23.8 Å². The van der Waals surface area contributed by atoms with Crippen LogP contribution in [0.3, 0.4) is 0 Å². The van der Waals surface area contributed by atoms with Crippen molar-refractivity contribution in [2.24, 2.45) is 0 Å². The molecule has 0 aliphatic carbocycles. The molecule has 4 heteroatoms. The maximum Gasteiger partial charge on any atom is 0.350 e. The zero-order valence-electron chi connectivity index (χ0n) is 11.7. The van der Waals surface area contributed by atoms with Gasteiger partial charge in [-0.3, -0.25) is 0 Å². The number of esters is 1. The summed E-state index contributed by atoms with van der Waals surface area (Å²) in [7, 11) is 1.36. The molecule has 1 heterocycles. The molecule has 1 unspecified atom stereocenters. The smallest absolute Gasteiger partial charge is 0.350 e. The summed E-state index contributed by atoms with van der Waals surface area (Å²) in [6, 6.07) is 14.5. The Labute approximate surface area is 122 Å². The van der Waals surface area contributed by atoms with Crippen LogP contribution in [-0.4, -0.2) is 23.8 Å². The Morgan fingerprint density at radius 3 is 2.76 bits per heavy atom. The lowest BCUT2D eigenvalue weighted by molar-refractivity contribution is -0.157. The molecule has 0 amide bonds. The number of hydrogen-bond acceptors (Lipinski definition) is 4. The normalized spacial score (nSPS) is 19.7. The van der Waals surface area contributed by atoms with Gasteiger partial charge in [-0.25, -0.2) is 4.79 Å². The zero-order valence-corrected chi connectivity index (χ0v) is 11.7. The Bertz CT molecular complexity index is 666. The van der Waals surface area contributed by atoms with Gasteiger partial charge in [0.25, 0.3) is 0 Å². The number of rotatable bonds is 3. The largest absolute Gasteiger partial charge is 0.508 e. The Kier molecular flexibility index (Phi) is 3.29. The number of carbonyl (C=O) groups is 1. The molecule has 21 heavy (non-hydrogen) atoms. The van der Waals surface area contributed by atoms with Crippen LogP contribution in [0.25, 0.3) is 0 Å². The van der Waals surface area contributed by atoms with Crippen molar-refractivity contribution in [2.45, 2.75) is 18.4 Å². The lowest BCUT2D eigenvalue weighted by Gasteiger charge is -2.26. The predicted molar refractivity (Wildman–Crippen MR) is 77.3 cm³/mol. The van der Waals surface area contributed by atoms with Gasteiger partial charge >= 0.3 is 5.97 Å². The summed E-state index contributed by atoms with van der Waals surface area (Å²) in [5.74, 6) is 0.383. The fourth-order valence-corrected chi connectivity index (χ4v) is 2.75. The van der Waals surface area contributed by atoms with Gasteiger partial charge in [0, 0.05) is 18.4 Å². The maximum atomic E-state index is 12.3. The van der Waals surface area contributed by atoms with E-state index in [-0.39, 0.29) is 5.75 Å². The highest BCUT2D eigenvalue weighted by molar-refractivity contribution is 5.82. The minimum Gasteiger partial charge on any atom is -0.508 e. The molecular weight excluding hydrogens is 268 g/mol. The summed E-state index contributed by atoms with van der Waals surface area (Å²) in [5, 5.41) is 9.58. The van der Waals surface area contributed by atoms with Crippen molar-refractivity contribution in [1.29, 1.82) is 0 Å². The van der Waals surface area contributed by atoms with Crippen molar-refractivity contribution >= 4 is 5.97 Å². The third-order valence-electron chi connectivity index (χ3n) is 3.72. The van der Waals surface area contributed by atoms with Gasteiger partial charge in [0.15, 0.2) is 0 Å². The number of hydrogen-bond donors (Lipinski definition) is 1. The van der Waals surface area contributed by atoms with Crippen molar-refractivity contribution in [3.05, 3.63) is 59.7 Å². The SMILES string of the molecule is COC(=O)C1(Cc2ccccc2)Cc2cc(O)ccc2O1. The molecule has 0 spiro atoms. The summed E-state index contributed by atoms with van der Waals surface area (Å²) in [6.07, 6.45) is 0.814. The number of methoxy groups -OCH3 is 1. The molecule has 108 valence electrons. The molecule has 2 aromatic carbocycles. The van der Waals surface area contributed by atoms with Gasteiger partial charge < -0.3 is 14.6 Å². The van der Waals surface area contributed by atoms with Crippen molar-refractivity contribution in [3.63, 3.8) is 0 Å². The number of aromatic hydroxyl groups is 1. The highest BCUT2D eigenvalue weighted by Crippen LogP contribution is 2.39. The fraction of sp³-hybridized carbons (Fsp3) is 0.235. The molecular formula is C17H16O4. The Morgan fingerprint density at radius 1 is 1.29 bits per heavy atom. The van der Waals surface area contributed by atoms with Gasteiger partial charge in [0.1, 0.15) is 11.5 Å². The van der Waals surface area contributed by atoms with Crippen molar-refractivity contribution in [2.75, 3.05) is 7.11 Å². The number of fused-ring (bicyclic) bond motifs is 1. The van der Waals surface area contributed by atoms with Gasteiger partial charge in [-0.2, -0.15) is 0 Å². The van der Waals surface area contributed by atoms with Crippen LogP contribution in [0.5, 0.6) is 11.5 Å². The minimum atomic E-state index is -1.06. The van der Waals surface area contributed by atoms with Crippen LogP contribution in [0.2, 0.25) is 0 Å². The average molecular weight is 284 g/mol. The molecule has 3 rings (SSSR count). The molecule has 1 N–H and O–H groups in total. The second-order valence-corrected chi connectivity index (χ2v) is 5.22. The molecule has 1 aliphatic heterocycles. The summed E-state index contributed by atoms with van der Waals surface area (Å²) in [4.78, 5) is 12.3. The molecule has 0 radical (unpaired) electrons. The Balaban J connectivity index is 1.96. The Morgan fingerprint density at radius 2 is 2.05 bits per heavy atom. The number of carbonyl (C=O) groups excluding carboxylic acids is 1. The second-order valence-electron chi connectivity index (χ2n) is 5.22. The third kappa shape index (κ3) is 2.44. The number of ether oxygens (including phenoxy) is 2. The summed E-state index contributed by atoms with van der Waals surface area (Å²) in [6.45, 7) is 0. The van der Waals surface area contributed by atoms with Crippen LogP contribution in [-0.2, 0) is 22.4 Å². The van der Waals surface area contributed by atoms with Crippen molar-refractivity contribution in [3.8, 4) is 11.5 Å². The third-order valence-corrected chi connectivity index (χ3v) is 3.72. The van der Waals surface area contributed by atoms with E-state index in [1.54, 1.807) is 18.2 Å². The maximum absolute atomic E-state index is 12.3. The standard InChI is InChI=1S/C17H16O4/c1-20-16(19)17(10-12-5-3-2-4-6-12)11-13-9-14(18)7-8-15(13)21-17/h2-9,18H,10-11H2,1H3. The van der Waals surface area contributed by atoms with Crippen molar-refractivity contribution < 1.29 is 19.4 Å². The van der Waals surface area contributed by atoms with Gasteiger partial charge in [0.05, 0.1) is 7.11 Å². The fourth-order valence-electron chi connectivity index (χ4n) is 2.75. The van der Waals surface area contributed by atoms with Crippen LogP contribution < -0.4 is 4.74 Å². The monoisotopic (exact) mass is 284 g/mol. The zero-order chi connectivity index (χ0) is 14.9. The topological polar surface area (TPSA) is 55.8 Å². The van der Waals surface area contributed by atoms with E-state index in [9.17, 15) is 9.90 Å². The summed E-state index contributed by atoms with van der Waals surface area (Å²) < 4.78 is 10.9. The van der Waals surface area contributed by atoms with Crippen LogP contribution in [0.1, 0.15) is 11.1 Å². The van der Waals surface area contributed by atoms with E-state index in [0.717, 1.165) is 11.1 Å². The molecule has 0 fully saturated rings. The first-order valence-electron chi connectivity index (χ1n) is 6.76. The number of benzene rings is 2. The average Bonchev–Trinajstić information content (AvgIpc) is 2.85. The van der Waals surface area contributed by atoms with Crippen molar-refractivity contribution in [1.82, 2.24) is 0 Å². The highest BCUT2D eigenvalue weighted by Gasteiger charge is 2.47. The van der Waals surface area contributed by atoms with Gasteiger partial charge in [-0.15, -0.1) is 0 Å². The lowest BCUT2D eigenvalue weighted by Crippen LogP contribution is -2.46. The van der Waals surface area contributed by atoms with Crippen LogP contribution in [0, 0.1) is 0 Å². The number of phenols is 1. The van der Waals surface area contributed by atoms with E-state index in [4.69, 9.17) is 9.47 Å². The molecule has 0 saturated carbocycles. The first kappa shape index (κ1) is 13.5. The Hall–Kier alpha value is -2.49. The van der Waals surface area contributed by atoms with E-state index >= 15 is 0 Å². The van der Waals surface area contributed by atoms with E-state index < -0.39 is 11.6 Å². The summed E-state index contributed by atoms with van der Waals surface area (Å²) in [5.41, 5.74) is 0.753. The molecule has 0 aromatic heterocycles. The predicted octanol–water partition coefficient (Wildman–Crippen LogP) is 2.48. The van der Waals surface area contributed by atoms with Gasteiger partial charge in [0.2, 0.25) is 5.60 Å². The summed E-state index contributed by atoms with van der Waals surface area (Å²) >= 11 is 0. The quantitative estimate of drug-likeness (QED) is 0.880. The van der Waals surface area contributed by atoms with E-state index in [2.05, 4.69) is 0 Å². The first-order valence-corrected chi connectivity index (χ1v) is 6.76.